The Hall–Kier alpha value is -3.69. The average molecular weight is 500 g/mol. The number of likely N-dealkylation sites (tertiary alicyclic amines) is 1. The number of nitrogens with zero attached hydrogens (tertiary/aromatic N) is 1. The molecule has 3 aliphatic rings. The molecule has 2 aromatic rings. The summed E-state index contributed by atoms with van der Waals surface area (Å²) < 4.78 is 36.2. The standard InChI is InChI=1S/C26H27F2N3O5/c1-14(32)31-12-18(16-4-7-22(36-26(27)28)23(10-16)35-13-15-2-3-15)9-21(31)25(34)30-19-5-6-20-17(8-19)11-29-24(20)33/h4-8,10,15,18,21,26H,2-3,9,11-13H2,1H3,(H,29,33)(H,30,34)/t18-,21-/m1/s1. The minimum Gasteiger partial charge on any atom is -0.489 e. The summed E-state index contributed by atoms with van der Waals surface area (Å²) in [7, 11) is 0. The van der Waals surface area contributed by atoms with E-state index < -0.39 is 12.7 Å². The molecular weight excluding hydrogens is 472 g/mol. The van der Waals surface area contributed by atoms with Gasteiger partial charge < -0.3 is 25.0 Å². The number of ether oxygens (including phenoxy) is 2. The number of nitrogens with one attached hydrogen (secondary N) is 2. The summed E-state index contributed by atoms with van der Waals surface area (Å²) >= 11 is 0. The molecule has 2 fully saturated rings. The van der Waals surface area contributed by atoms with Gasteiger partial charge in [-0.15, -0.1) is 0 Å². The molecule has 0 spiro atoms. The quantitative estimate of drug-likeness (QED) is 0.578. The molecule has 2 atom stereocenters. The maximum Gasteiger partial charge on any atom is 0.387 e. The maximum atomic E-state index is 13.2. The number of alkyl halides is 2. The van der Waals surface area contributed by atoms with Crippen molar-refractivity contribution in [3.05, 3.63) is 53.1 Å². The predicted molar refractivity (Wildman–Crippen MR) is 126 cm³/mol. The number of hydrogen-bond acceptors (Lipinski definition) is 5. The Morgan fingerprint density at radius 1 is 1.17 bits per heavy atom. The molecule has 8 nitrogen and oxygen atoms in total. The predicted octanol–water partition coefficient (Wildman–Crippen LogP) is 3.66. The van der Waals surface area contributed by atoms with Gasteiger partial charge in [0.15, 0.2) is 11.5 Å². The van der Waals surface area contributed by atoms with Crippen molar-refractivity contribution >= 4 is 23.4 Å². The van der Waals surface area contributed by atoms with Crippen molar-refractivity contribution < 1.29 is 32.6 Å². The van der Waals surface area contributed by atoms with Crippen molar-refractivity contribution in [1.82, 2.24) is 10.2 Å². The van der Waals surface area contributed by atoms with Crippen molar-refractivity contribution in [2.75, 3.05) is 18.5 Å². The summed E-state index contributed by atoms with van der Waals surface area (Å²) in [5, 5.41) is 5.61. The summed E-state index contributed by atoms with van der Waals surface area (Å²) in [5.41, 5.74) is 2.71. The van der Waals surface area contributed by atoms with Crippen LogP contribution in [0.1, 0.15) is 53.6 Å². The van der Waals surface area contributed by atoms with E-state index >= 15 is 0 Å². The average Bonchev–Trinajstić information content (AvgIpc) is 3.44. The number of halogens is 2. The van der Waals surface area contributed by atoms with E-state index in [0.717, 1.165) is 24.0 Å². The zero-order valence-corrected chi connectivity index (χ0v) is 19.8. The number of fused-ring (bicyclic) bond motifs is 1. The second kappa shape index (κ2) is 9.75. The minimum absolute atomic E-state index is 0.0327. The highest BCUT2D eigenvalue weighted by atomic mass is 19.3. The van der Waals surface area contributed by atoms with Crippen LogP contribution in [-0.2, 0) is 16.1 Å². The molecule has 0 aromatic heterocycles. The van der Waals surface area contributed by atoms with E-state index in [0.29, 0.717) is 43.3 Å². The van der Waals surface area contributed by atoms with Crippen LogP contribution in [0.2, 0.25) is 0 Å². The van der Waals surface area contributed by atoms with E-state index in [1.165, 1.54) is 17.9 Å². The van der Waals surface area contributed by atoms with Crippen LogP contribution in [0.5, 0.6) is 11.5 Å². The molecule has 5 rings (SSSR count). The van der Waals surface area contributed by atoms with Gasteiger partial charge in [0.2, 0.25) is 11.8 Å². The summed E-state index contributed by atoms with van der Waals surface area (Å²) in [6.07, 6.45) is 2.47. The van der Waals surface area contributed by atoms with Gasteiger partial charge in [0.05, 0.1) is 6.61 Å². The fraction of sp³-hybridized carbons (Fsp3) is 0.423. The second-order valence-corrected chi connectivity index (χ2v) is 9.50. The highest BCUT2D eigenvalue weighted by molar-refractivity contribution is 6.01. The largest absolute Gasteiger partial charge is 0.489 e. The van der Waals surface area contributed by atoms with Gasteiger partial charge in [-0.05, 0) is 66.6 Å². The van der Waals surface area contributed by atoms with Crippen LogP contribution < -0.4 is 20.1 Å². The number of rotatable bonds is 8. The van der Waals surface area contributed by atoms with Crippen molar-refractivity contribution in [2.24, 2.45) is 5.92 Å². The third kappa shape index (κ3) is 5.12. The normalized spacial score (nSPS) is 20.8. The minimum atomic E-state index is -2.97. The van der Waals surface area contributed by atoms with Gasteiger partial charge in [0, 0.05) is 37.2 Å². The van der Waals surface area contributed by atoms with E-state index in [4.69, 9.17) is 4.74 Å². The molecule has 2 heterocycles. The van der Waals surface area contributed by atoms with Gasteiger partial charge in [-0.1, -0.05) is 6.07 Å². The lowest BCUT2D eigenvalue weighted by Gasteiger charge is -2.22. The molecule has 1 saturated carbocycles. The molecule has 2 aliphatic heterocycles. The molecule has 0 radical (unpaired) electrons. The monoisotopic (exact) mass is 499 g/mol. The molecule has 3 amide bonds. The Kier molecular flexibility index (Phi) is 6.51. The summed E-state index contributed by atoms with van der Waals surface area (Å²) in [6, 6.07) is 9.18. The number of amides is 3. The number of carbonyl (C=O) groups excluding carboxylic acids is 3. The first-order valence-electron chi connectivity index (χ1n) is 12.0. The third-order valence-corrected chi connectivity index (χ3v) is 6.89. The second-order valence-electron chi connectivity index (χ2n) is 9.50. The lowest BCUT2D eigenvalue weighted by atomic mass is 9.95. The van der Waals surface area contributed by atoms with E-state index in [1.807, 2.05) is 0 Å². The summed E-state index contributed by atoms with van der Waals surface area (Å²) in [4.78, 5) is 38.9. The first-order chi connectivity index (χ1) is 17.3. The molecule has 2 N–H and O–H groups in total. The van der Waals surface area contributed by atoms with Gasteiger partial charge >= 0.3 is 6.61 Å². The number of carbonyl (C=O) groups is 3. The van der Waals surface area contributed by atoms with Crippen molar-refractivity contribution in [3.8, 4) is 11.5 Å². The summed E-state index contributed by atoms with van der Waals surface area (Å²) in [6.45, 7) is -0.411. The lowest BCUT2D eigenvalue weighted by Crippen LogP contribution is -2.42. The Morgan fingerprint density at radius 2 is 1.97 bits per heavy atom. The fourth-order valence-electron chi connectivity index (χ4n) is 4.79. The number of anilines is 1. The molecule has 1 aliphatic carbocycles. The molecule has 190 valence electrons. The van der Waals surface area contributed by atoms with Gasteiger partial charge in [0.1, 0.15) is 6.04 Å². The molecule has 2 aromatic carbocycles. The van der Waals surface area contributed by atoms with Crippen molar-refractivity contribution in [3.63, 3.8) is 0 Å². The van der Waals surface area contributed by atoms with Crippen LogP contribution >= 0.6 is 0 Å². The van der Waals surface area contributed by atoms with Gasteiger partial charge in [0.25, 0.3) is 5.91 Å². The third-order valence-electron chi connectivity index (χ3n) is 6.89. The first-order valence-corrected chi connectivity index (χ1v) is 12.0. The highest BCUT2D eigenvalue weighted by Gasteiger charge is 2.39. The van der Waals surface area contributed by atoms with Crippen molar-refractivity contribution in [2.45, 2.75) is 51.3 Å². The first kappa shape index (κ1) is 24.0. The molecule has 0 unspecified atom stereocenters. The Morgan fingerprint density at radius 3 is 2.69 bits per heavy atom. The highest BCUT2D eigenvalue weighted by Crippen LogP contribution is 2.39. The summed E-state index contributed by atoms with van der Waals surface area (Å²) in [5.74, 6) is -0.256. The zero-order valence-electron chi connectivity index (χ0n) is 19.8. The van der Waals surface area contributed by atoms with Gasteiger partial charge in [-0.25, -0.2) is 0 Å². The van der Waals surface area contributed by atoms with Crippen LogP contribution in [0.3, 0.4) is 0 Å². The lowest BCUT2D eigenvalue weighted by molar-refractivity contribution is -0.134. The van der Waals surface area contributed by atoms with Crippen LogP contribution in [0, 0.1) is 5.92 Å². The topological polar surface area (TPSA) is 97.0 Å². The van der Waals surface area contributed by atoms with Crippen LogP contribution in [0.4, 0.5) is 14.5 Å². The Labute approximate surface area is 206 Å². The fourth-order valence-corrected chi connectivity index (χ4v) is 4.79. The van der Waals surface area contributed by atoms with Gasteiger partial charge in [-0.3, -0.25) is 14.4 Å². The molecule has 36 heavy (non-hydrogen) atoms. The van der Waals surface area contributed by atoms with Crippen molar-refractivity contribution in [1.29, 1.82) is 0 Å². The maximum absolute atomic E-state index is 13.2. The van der Waals surface area contributed by atoms with E-state index in [9.17, 15) is 23.2 Å². The zero-order chi connectivity index (χ0) is 25.4. The number of benzene rings is 2. The molecule has 1 saturated heterocycles. The Balaban J connectivity index is 1.33. The van der Waals surface area contributed by atoms with Gasteiger partial charge in [-0.2, -0.15) is 8.78 Å². The number of hydrogen-bond donors (Lipinski definition) is 2. The van der Waals surface area contributed by atoms with E-state index in [2.05, 4.69) is 15.4 Å². The van der Waals surface area contributed by atoms with Crippen LogP contribution in [-0.4, -0.2) is 48.4 Å². The van der Waals surface area contributed by atoms with E-state index in [1.54, 1.807) is 30.3 Å². The molecule has 10 heteroatoms. The van der Waals surface area contributed by atoms with E-state index in [-0.39, 0.29) is 35.1 Å². The van der Waals surface area contributed by atoms with Crippen LogP contribution in [0.25, 0.3) is 0 Å². The molecular formula is C26H27F2N3O5. The smallest absolute Gasteiger partial charge is 0.387 e. The Bertz CT molecular complexity index is 1200. The molecule has 0 bridgehead atoms. The van der Waals surface area contributed by atoms with Crippen LogP contribution in [0.15, 0.2) is 36.4 Å². The SMILES string of the molecule is CC(=O)N1C[C@H](c2ccc(OC(F)F)c(OCC3CC3)c2)C[C@@H]1C(=O)Nc1ccc2c(c1)CNC2=O.